The molecule has 5 heteroatoms. The van der Waals surface area contributed by atoms with Crippen LogP contribution in [0.2, 0.25) is 0 Å². The summed E-state index contributed by atoms with van der Waals surface area (Å²) < 4.78 is 4.79. The fourth-order valence-corrected chi connectivity index (χ4v) is 3.42. The monoisotopic (exact) mass is 262 g/mol. The number of nitrogens with one attached hydrogen (secondary N) is 1. The van der Waals surface area contributed by atoms with Gasteiger partial charge in [-0.3, -0.25) is 4.79 Å². The van der Waals surface area contributed by atoms with Crippen molar-refractivity contribution in [3.05, 3.63) is 34.4 Å². The van der Waals surface area contributed by atoms with Gasteiger partial charge in [-0.15, -0.1) is 0 Å². The molecule has 1 aromatic rings. The van der Waals surface area contributed by atoms with Crippen LogP contribution in [0.1, 0.15) is 23.7 Å². The second kappa shape index (κ2) is 4.81. The summed E-state index contributed by atoms with van der Waals surface area (Å²) in [6, 6.07) is 3.14. The largest absolute Gasteiger partial charge is 0.430 e. The Bertz CT molecular complexity index is 519. The number of rotatable bonds is 2. The topological polar surface area (TPSA) is 62.6 Å². The number of hydrogen-bond donors (Lipinski definition) is 1. The minimum absolute atomic E-state index is 0.0231. The first-order valence-electron chi connectivity index (χ1n) is 6.81. The van der Waals surface area contributed by atoms with Crippen molar-refractivity contribution in [2.45, 2.75) is 19.4 Å². The zero-order chi connectivity index (χ0) is 13.4. The standard InChI is InChI=1S/C14H18N2O3/c1-2-12-11-6-15-5-10(11)7-16(12)14(18)9-3-4-13(17)19-8-9/h3-4,8,10-12,15H,2,5-7H2,1H3. The molecular weight excluding hydrogens is 244 g/mol. The number of likely N-dealkylation sites (tertiary alicyclic amines) is 1. The maximum Gasteiger partial charge on any atom is 0.335 e. The molecule has 102 valence electrons. The van der Waals surface area contributed by atoms with Gasteiger partial charge in [0.2, 0.25) is 0 Å². The zero-order valence-corrected chi connectivity index (χ0v) is 11.0. The first kappa shape index (κ1) is 12.4. The van der Waals surface area contributed by atoms with Crippen LogP contribution in [0, 0.1) is 11.8 Å². The van der Waals surface area contributed by atoms with Gasteiger partial charge >= 0.3 is 5.63 Å². The Hall–Kier alpha value is -1.62. The minimum Gasteiger partial charge on any atom is -0.430 e. The zero-order valence-electron chi connectivity index (χ0n) is 11.0. The molecule has 1 amide bonds. The Labute approximate surface area is 111 Å². The van der Waals surface area contributed by atoms with E-state index in [4.69, 9.17) is 4.42 Å². The second-order valence-corrected chi connectivity index (χ2v) is 5.36. The Morgan fingerprint density at radius 1 is 1.47 bits per heavy atom. The summed E-state index contributed by atoms with van der Waals surface area (Å²) >= 11 is 0. The molecule has 2 aliphatic heterocycles. The van der Waals surface area contributed by atoms with E-state index in [9.17, 15) is 9.59 Å². The Morgan fingerprint density at radius 2 is 2.32 bits per heavy atom. The van der Waals surface area contributed by atoms with Crippen LogP contribution < -0.4 is 10.9 Å². The molecule has 2 aliphatic rings. The predicted octanol–water partition coefficient (Wildman–Crippen LogP) is 0.710. The highest BCUT2D eigenvalue weighted by atomic mass is 16.4. The average molecular weight is 262 g/mol. The summed E-state index contributed by atoms with van der Waals surface area (Å²) in [4.78, 5) is 25.4. The van der Waals surface area contributed by atoms with Crippen molar-refractivity contribution in [3.8, 4) is 0 Å². The van der Waals surface area contributed by atoms with Gasteiger partial charge in [0.1, 0.15) is 6.26 Å². The summed E-state index contributed by atoms with van der Waals surface area (Å²) in [5, 5.41) is 3.40. The highest BCUT2D eigenvalue weighted by molar-refractivity contribution is 5.94. The van der Waals surface area contributed by atoms with Crippen LogP contribution in [0.25, 0.3) is 0 Å². The smallest absolute Gasteiger partial charge is 0.335 e. The Balaban J connectivity index is 1.83. The first-order chi connectivity index (χ1) is 9.20. The van der Waals surface area contributed by atoms with Gasteiger partial charge in [-0.25, -0.2) is 4.79 Å². The van der Waals surface area contributed by atoms with E-state index in [1.165, 1.54) is 12.3 Å². The van der Waals surface area contributed by atoms with Crippen LogP contribution in [0.15, 0.2) is 27.6 Å². The van der Waals surface area contributed by atoms with E-state index in [0.717, 1.165) is 26.1 Å². The second-order valence-electron chi connectivity index (χ2n) is 5.36. The average Bonchev–Trinajstić information content (AvgIpc) is 2.98. The van der Waals surface area contributed by atoms with E-state index in [-0.39, 0.29) is 5.91 Å². The molecule has 0 aliphatic carbocycles. The number of hydrogen-bond acceptors (Lipinski definition) is 4. The van der Waals surface area contributed by atoms with Crippen LogP contribution in [-0.4, -0.2) is 36.5 Å². The molecule has 0 saturated carbocycles. The molecule has 0 bridgehead atoms. The molecule has 0 spiro atoms. The number of nitrogens with zero attached hydrogens (tertiary/aromatic N) is 1. The lowest BCUT2D eigenvalue weighted by Crippen LogP contribution is -2.39. The van der Waals surface area contributed by atoms with Crippen LogP contribution in [0.3, 0.4) is 0 Å². The maximum atomic E-state index is 12.5. The summed E-state index contributed by atoms with van der Waals surface area (Å²) in [6.45, 7) is 4.91. The van der Waals surface area contributed by atoms with Crippen molar-refractivity contribution in [1.82, 2.24) is 10.2 Å². The molecule has 2 fully saturated rings. The number of carbonyl (C=O) groups excluding carboxylic acids is 1. The highest BCUT2D eigenvalue weighted by Gasteiger charge is 2.45. The highest BCUT2D eigenvalue weighted by Crippen LogP contribution is 2.34. The minimum atomic E-state index is -0.425. The molecule has 1 aromatic heterocycles. The third-order valence-corrected chi connectivity index (χ3v) is 4.34. The van der Waals surface area contributed by atoms with Crippen molar-refractivity contribution in [2.75, 3.05) is 19.6 Å². The lowest BCUT2D eigenvalue weighted by atomic mass is 9.93. The summed E-state index contributed by atoms with van der Waals surface area (Å²) in [7, 11) is 0. The van der Waals surface area contributed by atoms with E-state index >= 15 is 0 Å². The molecule has 1 N–H and O–H groups in total. The Morgan fingerprint density at radius 3 is 3.00 bits per heavy atom. The van der Waals surface area contributed by atoms with Crippen molar-refractivity contribution < 1.29 is 9.21 Å². The van der Waals surface area contributed by atoms with Gasteiger partial charge in [-0.1, -0.05) is 6.92 Å². The third kappa shape index (κ3) is 2.08. The molecule has 3 unspecified atom stereocenters. The lowest BCUT2D eigenvalue weighted by Gasteiger charge is -2.26. The van der Waals surface area contributed by atoms with E-state index < -0.39 is 5.63 Å². The van der Waals surface area contributed by atoms with Crippen molar-refractivity contribution in [1.29, 1.82) is 0 Å². The van der Waals surface area contributed by atoms with Gasteiger partial charge in [0.05, 0.1) is 5.56 Å². The van der Waals surface area contributed by atoms with E-state index in [1.54, 1.807) is 6.07 Å². The van der Waals surface area contributed by atoms with Gasteiger partial charge in [0.25, 0.3) is 5.91 Å². The summed E-state index contributed by atoms with van der Waals surface area (Å²) in [5.74, 6) is 1.10. The van der Waals surface area contributed by atoms with Crippen LogP contribution >= 0.6 is 0 Å². The number of carbonyl (C=O) groups is 1. The molecule has 3 rings (SSSR count). The maximum absolute atomic E-state index is 12.5. The van der Waals surface area contributed by atoms with Crippen LogP contribution in [0.5, 0.6) is 0 Å². The van der Waals surface area contributed by atoms with Gasteiger partial charge in [0.15, 0.2) is 0 Å². The molecule has 2 saturated heterocycles. The molecule has 0 radical (unpaired) electrons. The van der Waals surface area contributed by atoms with Crippen LogP contribution in [-0.2, 0) is 0 Å². The number of fused-ring (bicyclic) bond motifs is 1. The van der Waals surface area contributed by atoms with Gasteiger partial charge in [-0.05, 0) is 24.3 Å². The Kier molecular flexibility index (Phi) is 3.14. The quantitative estimate of drug-likeness (QED) is 0.852. The SMILES string of the molecule is CCC1C2CNCC2CN1C(=O)c1ccc(=O)oc1. The van der Waals surface area contributed by atoms with E-state index in [2.05, 4.69) is 12.2 Å². The molecule has 3 atom stereocenters. The van der Waals surface area contributed by atoms with Crippen molar-refractivity contribution in [3.63, 3.8) is 0 Å². The third-order valence-electron chi connectivity index (χ3n) is 4.34. The fourth-order valence-electron chi connectivity index (χ4n) is 3.42. The normalized spacial score (nSPS) is 29.5. The van der Waals surface area contributed by atoms with Gasteiger partial charge < -0.3 is 14.6 Å². The summed E-state index contributed by atoms with van der Waals surface area (Å²) in [6.07, 6.45) is 2.23. The molecule has 5 nitrogen and oxygen atoms in total. The van der Waals surface area contributed by atoms with E-state index in [0.29, 0.717) is 23.4 Å². The number of amides is 1. The van der Waals surface area contributed by atoms with Crippen molar-refractivity contribution in [2.24, 2.45) is 11.8 Å². The van der Waals surface area contributed by atoms with Crippen LogP contribution in [0.4, 0.5) is 0 Å². The predicted molar refractivity (Wildman–Crippen MR) is 69.9 cm³/mol. The lowest BCUT2D eigenvalue weighted by molar-refractivity contribution is 0.0709. The molecular formula is C14H18N2O3. The molecule has 0 aromatic carbocycles. The van der Waals surface area contributed by atoms with Gasteiger partial charge in [0, 0.05) is 31.7 Å². The molecule has 3 heterocycles. The first-order valence-corrected chi connectivity index (χ1v) is 6.81. The van der Waals surface area contributed by atoms with Gasteiger partial charge in [-0.2, -0.15) is 0 Å². The molecule has 19 heavy (non-hydrogen) atoms. The summed E-state index contributed by atoms with van der Waals surface area (Å²) in [5.41, 5.74) is 0.0389. The van der Waals surface area contributed by atoms with Crippen molar-refractivity contribution >= 4 is 5.91 Å². The fraction of sp³-hybridized carbons (Fsp3) is 0.571. The van der Waals surface area contributed by atoms with E-state index in [1.807, 2.05) is 4.90 Å².